The summed E-state index contributed by atoms with van der Waals surface area (Å²) >= 11 is 1.71. The van der Waals surface area contributed by atoms with Gasteiger partial charge < -0.3 is 14.4 Å². The molecule has 3 heterocycles. The van der Waals surface area contributed by atoms with Crippen molar-refractivity contribution in [2.75, 3.05) is 26.3 Å². The third-order valence-corrected chi connectivity index (χ3v) is 5.55. The Hall–Kier alpha value is -2.08. The Morgan fingerprint density at radius 1 is 1.21 bits per heavy atom. The second kappa shape index (κ2) is 6.81. The second-order valence-corrected chi connectivity index (χ2v) is 7.11. The Kier molecular flexibility index (Phi) is 4.38. The Morgan fingerprint density at radius 2 is 2.00 bits per heavy atom. The van der Waals surface area contributed by atoms with Gasteiger partial charge in [-0.1, -0.05) is 6.07 Å². The lowest BCUT2D eigenvalue weighted by atomic mass is 9.97. The summed E-state index contributed by atoms with van der Waals surface area (Å²) in [5.41, 5.74) is 0.978. The van der Waals surface area contributed by atoms with Crippen LogP contribution in [0.4, 0.5) is 0 Å². The lowest BCUT2D eigenvalue weighted by molar-refractivity contribution is -0.131. The fraction of sp³-hybridized carbons (Fsp3) is 0.444. The molecular weight excluding hydrogens is 324 g/mol. The standard InChI is InChI=1S/C18H20N2O3S/c21-17(12-13-1-2-15-16(11-13)23-9-8-22-15)20-6-3-14(4-7-20)18-19-5-10-24-18/h1-2,5,10-11,14H,3-4,6-9,12H2. The number of likely N-dealkylation sites (tertiary alicyclic amines) is 1. The van der Waals surface area contributed by atoms with Gasteiger partial charge in [-0.25, -0.2) is 4.98 Å². The molecule has 1 aromatic carbocycles. The number of carbonyl (C=O) groups excluding carboxylic acids is 1. The number of fused-ring (bicyclic) bond motifs is 1. The van der Waals surface area contributed by atoms with Gasteiger partial charge in [0.15, 0.2) is 11.5 Å². The Labute approximate surface area is 145 Å². The molecule has 1 fully saturated rings. The van der Waals surface area contributed by atoms with Crippen molar-refractivity contribution in [1.82, 2.24) is 9.88 Å². The summed E-state index contributed by atoms with van der Waals surface area (Å²) in [4.78, 5) is 19.0. The van der Waals surface area contributed by atoms with Crippen molar-refractivity contribution in [2.45, 2.75) is 25.2 Å². The van der Waals surface area contributed by atoms with Crippen LogP contribution in [-0.4, -0.2) is 42.1 Å². The maximum absolute atomic E-state index is 12.6. The molecule has 2 aromatic rings. The summed E-state index contributed by atoms with van der Waals surface area (Å²) in [5.74, 6) is 2.20. The molecule has 0 radical (unpaired) electrons. The van der Waals surface area contributed by atoms with E-state index in [4.69, 9.17) is 9.47 Å². The van der Waals surface area contributed by atoms with E-state index in [1.54, 1.807) is 11.3 Å². The van der Waals surface area contributed by atoms with Crippen molar-refractivity contribution in [1.29, 1.82) is 0 Å². The molecule has 0 spiro atoms. The minimum absolute atomic E-state index is 0.185. The number of rotatable bonds is 3. The monoisotopic (exact) mass is 344 g/mol. The van der Waals surface area contributed by atoms with E-state index >= 15 is 0 Å². The summed E-state index contributed by atoms with van der Waals surface area (Å²) in [6.07, 6.45) is 4.28. The van der Waals surface area contributed by atoms with Gasteiger partial charge in [-0.3, -0.25) is 4.79 Å². The summed E-state index contributed by atoms with van der Waals surface area (Å²) in [6.45, 7) is 2.77. The molecule has 24 heavy (non-hydrogen) atoms. The molecule has 2 aliphatic heterocycles. The normalized spacial score (nSPS) is 17.8. The molecule has 4 rings (SSSR count). The smallest absolute Gasteiger partial charge is 0.226 e. The fourth-order valence-corrected chi connectivity index (χ4v) is 4.11. The zero-order valence-corrected chi connectivity index (χ0v) is 14.3. The molecule has 0 N–H and O–H groups in total. The fourth-order valence-electron chi connectivity index (χ4n) is 3.30. The van der Waals surface area contributed by atoms with Crippen molar-refractivity contribution in [2.24, 2.45) is 0 Å². The molecule has 0 saturated carbocycles. The second-order valence-electron chi connectivity index (χ2n) is 6.18. The number of benzene rings is 1. The van der Waals surface area contributed by atoms with Crippen molar-refractivity contribution >= 4 is 17.2 Å². The number of thiazole rings is 1. The average Bonchev–Trinajstić information content (AvgIpc) is 3.16. The van der Waals surface area contributed by atoms with E-state index in [0.717, 1.165) is 43.0 Å². The molecule has 1 aromatic heterocycles. The third kappa shape index (κ3) is 3.24. The maximum Gasteiger partial charge on any atom is 0.226 e. The quantitative estimate of drug-likeness (QED) is 0.859. The molecule has 126 valence electrons. The first-order valence-corrected chi connectivity index (χ1v) is 9.23. The number of amides is 1. The van der Waals surface area contributed by atoms with Crippen molar-refractivity contribution in [3.8, 4) is 11.5 Å². The zero-order valence-electron chi connectivity index (χ0n) is 13.4. The highest BCUT2D eigenvalue weighted by atomic mass is 32.1. The van der Waals surface area contributed by atoms with Crippen LogP contribution in [0.25, 0.3) is 0 Å². The average molecular weight is 344 g/mol. The van der Waals surface area contributed by atoms with Gasteiger partial charge in [0.1, 0.15) is 13.2 Å². The number of piperidine rings is 1. The minimum Gasteiger partial charge on any atom is -0.486 e. The lowest BCUT2D eigenvalue weighted by Crippen LogP contribution is -2.38. The van der Waals surface area contributed by atoms with E-state index in [2.05, 4.69) is 4.98 Å². The molecular formula is C18H20N2O3S. The van der Waals surface area contributed by atoms with Crippen LogP contribution < -0.4 is 9.47 Å². The maximum atomic E-state index is 12.6. The molecule has 5 nitrogen and oxygen atoms in total. The Balaban J connectivity index is 1.35. The zero-order chi connectivity index (χ0) is 16.4. The third-order valence-electron chi connectivity index (χ3n) is 4.61. The van der Waals surface area contributed by atoms with Crippen molar-refractivity contribution < 1.29 is 14.3 Å². The molecule has 1 amide bonds. The van der Waals surface area contributed by atoms with Crippen LogP contribution in [0, 0.1) is 0 Å². The van der Waals surface area contributed by atoms with Gasteiger partial charge in [0, 0.05) is 30.6 Å². The first kappa shape index (κ1) is 15.4. The summed E-state index contributed by atoms with van der Waals surface area (Å²) in [6, 6.07) is 5.77. The van der Waals surface area contributed by atoms with Gasteiger partial charge in [-0.05, 0) is 30.5 Å². The molecule has 6 heteroatoms. The topological polar surface area (TPSA) is 51.7 Å². The van der Waals surface area contributed by atoms with Crippen LogP contribution >= 0.6 is 11.3 Å². The van der Waals surface area contributed by atoms with E-state index in [1.165, 1.54) is 5.01 Å². The minimum atomic E-state index is 0.185. The van der Waals surface area contributed by atoms with E-state index < -0.39 is 0 Å². The van der Waals surface area contributed by atoms with Crippen molar-refractivity contribution in [3.63, 3.8) is 0 Å². The van der Waals surface area contributed by atoms with E-state index in [9.17, 15) is 4.79 Å². The highest BCUT2D eigenvalue weighted by molar-refractivity contribution is 7.09. The summed E-state index contributed by atoms with van der Waals surface area (Å²) in [7, 11) is 0. The number of hydrogen-bond acceptors (Lipinski definition) is 5. The van der Waals surface area contributed by atoms with Gasteiger partial charge in [0.2, 0.25) is 5.91 Å². The molecule has 0 unspecified atom stereocenters. The van der Waals surface area contributed by atoms with Crippen LogP contribution in [0.3, 0.4) is 0 Å². The predicted octanol–water partition coefficient (Wildman–Crippen LogP) is 2.86. The number of aromatic nitrogens is 1. The van der Waals surface area contributed by atoms with E-state index in [-0.39, 0.29) is 5.91 Å². The Morgan fingerprint density at radius 3 is 2.75 bits per heavy atom. The lowest BCUT2D eigenvalue weighted by Gasteiger charge is -2.31. The summed E-state index contributed by atoms with van der Waals surface area (Å²) in [5, 5.41) is 3.23. The molecule has 2 aliphatic rings. The van der Waals surface area contributed by atoms with Crippen LogP contribution in [0.2, 0.25) is 0 Å². The van der Waals surface area contributed by atoms with Gasteiger partial charge in [0.25, 0.3) is 0 Å². The first-order chi connectivity index (χ1) is 11.8. The molecule has 0 bridgehead atoms. The van der Waals surface area contributed by atoms with Crippen LogP contribution in [0.1, 0.15) is 29.3 Å². The largest absolute Gasteiger partial charge is 0.486 e. The number of ether oxygens (including phenoxy) is 2. The van der Waals surface area contributed by atoms with Crippen LogP contribution in [-0.2, 0) is 11.2 Å². The number of hydrogen-bond donors (Lipinski definition) is 0. The Bertz CT molecular complexity index is 709. The van der Waals surface area contributed by atoms with Gasteiger partial charge >= 0.3 is 0 Å². The van der Waals surface area contributed by atoms with Gasteiger partial charge in [-0.2, -0.15) is 0 Å². The van der Waals surface area contributed by atoms with Gasteiger partial charge in [-0.15, -0.1) is 11.3 Å². The predicted molar refractivity (Wildman–Crippen MR) is 91.8 cm³/mol. The number of nitrogens with zero attached hydrogens (tertiary/aromatic N) is 2. The van der Waals surface area contributed by atoms with Gasteiger partial charge in [0.05, 0.1) is 11.4 Å². The SMILES string of the molecule is O=C(Cc1ccc2c(c1)OCCO2)N1CCC(c2nccs2)CC1. The highest BCUT2D eigenvalue weighted by Gasteiger charge is 2.25. The molecule has 1 saturated heterocycles. The van der Waals surface area contributed by atoms with E-state index in [0.29, 0.717) is 25.6 Å². The summed E-state index contributed by atoms with van der Waals surface area (Å²) < 4.78 is 11.1. The van der Waals surface area contributed by atoms with Crippen molar-refractivity contribution in [3.05, 3.63) is 40.3 Å². The molecule has 0 aliphatic carbocycles. The number of carbonyl (C=O) groups is 1. The molecule has 0 atom stereocenters. The van der Waals surface area contributed by atoms with Crippen LogP contribution in [0.5, 0.6) is 11.5 Å². The first-order valence-electron chi connectivity index (χ1n) is 8.35. The van der Waals surface area contributed by atoms with Crippen LogP contribution in [0.15, 0.2) is 29.8 Å². The highest BCUT2D eigenvalue weighted by Crippen LogP contribution is 2.32. The van der Waals surface area contributed by atoms with E-state index in [1.807, 2.05) is 34.7 Å².